The van der Waals surface area contributed by atoms with Crippen molar-refractivity contribution in [2.24, 2.45) is 0 Å². The van der Waals surface area contributed by atoms with Gasteiger partial charge in [-0.25, -0.2) is 4.57 Å². The van der Waals surface area contributed by atoms with Crippen LogP contribution in [0.1, 0.15) is 43.9 Å². The molecule has 24 heavy (non-hydrogen) atoms. The molecule has 0 fully saturated rings. The summed E-state index contributed by atoms with van der Waals surface area (Å²) in [6, 6.07) is 14.2. The summed E-state index contributed by atoms with van der Waals surface area (Å²) >= 11 is 0. The molecule has 0 radical (unpaired) electrons. The van der Waals surface area contributed by atoms with Crippen LogP contribution in [0.2, 0.25) is 0 Å². The number of halogens is 1. The van der Waals surface area contributed by atoms with Gasteiger partial charge >= 0.3 is 0 Å². The molecule has 0 spiro atoms. The third-order valence-electron chi connectivity index (χ3n) is 4.41. The van der Waals surface area contributed by atoms with E-state index in [0.717, 1.165) is 18.7 Å². The molecule has 0 aliphatic rings. The number of aryl methyl sites for hydroxylation is 1. The van der Waals surface area contributed by atoms with Crippen LogP contribution in [0.5, 0.6) is 0 Å². The highest BCUT2D eigenvalue weighted by Gasteiger charge is 2.20. The lowest BCUT2D eigenvalue weighted by Crippen LogP contribution is -3.00. The molecule has 2 atom stereocenters. The Morgan fingerprint density at radius 2 is 1.83 bits per heavy atom. The third-order valence-corrected chi connectivity index (χ3v) is 4.41. The molecule has 1 N–H and O–H groups in total. The maximum Gasteiger partial charge on any atom is 0.173 e. The predicted molar refractivity (Wildman–Crippen MR) is 93.9 cm³/mol. The smallest absolute Gasteiger partial charge is 0.173 e. The molecule has 0 aliphatic carbocycles. The van der Waals surface area contributed by atoms with Crippen LogP contribution in [0.15, 0.2) is 54.9 Å². The fourth-order valence-electron chi connectivity index (χ4n) is 2.75. The van der Waals surface area contributed by atoms with Crippen LogP contribution in [0.4, 0.5) is 0 Å². The lowest BCUT2D eigenvalue weighted by Gasteiger charge is -2.28. The van der Waals surface area contributed by atoms with Crippen LogP contribution in [0.25, 0.3) is 0 Å². The second kappa shape index (κ2) is 10.6. The topological polar surface area (TPSA) is 27.4 Å². The number of aliphatic hydroxyl groups is 1. The minimum Gasteiger partial charge on any atom is -1.00 e. The first kappa shape index (κ1) is 20.8. The van der Waals surface area contributed by atoms with Crippen molar-refractivity contribution in [3.05, 3.63) is 66.0 Å². The molecule has 0 saturated heterocycles. The van der Waals surface area contributed by atoms with Crippen LogP contribution in [-0.4, -0.2) is 23.1 Å². The zero-order valence-electron chi connectivity index (χ0n) is 14.9. The number of hydrogen-bond acceptors (Lipinski definition) is 2. The monoisotopic (exact) mass is 392 g/mol. The van der Waals surface area contributed by atoms with Gasteiger partial charge in [-0.2, -0.15) is 0 Å². The molecule has 132 valence electrons. The summed E-state index contributed by atoms with van der Waals surface area (Å²) in [5.74, 6) is 0. The van der Waals surface area contributed by atoms with E-state index in [1.54, 1.807) is 0 Å². The van der Waals surface area contributed by atoms with Crippen molar-refractivity contribution in [2.75, 3.05) is 7.05 Å². The van der Waals surface area contributed by atoms with Crippen LogP contribution >= 0.6 is 0 Å². The number of rotatable bonds is 8. The molecule has 2 rings (SSSR count). The van der Waals surface area contributed by atoms with Gasteiger partial charge in [0.15, 0.2) is 12.4 Å². The number of aliphatic hydroxyl groups excluding tert-OH is 1. The van der Waals surface area contributed by atoms with Gasteiger partial charge in [-0.15, -0.1) is 0 Å². The Kier molecular flexibility index (Phi) is 9.19. The Morgan fingerprint density at radius 1 is 1.12 bits per heavy atom. The van der Waals surface area contributed by atoms with Crippen LogP contribution in [-0.2, 0) is 13.1 Å². The van der Waals surface area contributed by atoms with Crippen LogP contribution < -0.4 is 21.5 Å². The van der Waals surface area contributed by atoms with Gasteiger partial charge in [0.25, 0.3) is 0 Å². The highest BCUT2D eigenvalue weighted by molar-refractivity contribution is 5.18. The van der Waals surface area contributed by atoms with Crippen molar-refractivity contribution >= 4 is 0 Å². The summed E-state index contributed by atoms with van der Waals surface area (Å²) in [6.45, 7) is 6.19. The van der Waals surface area contributed by atoms with E-state index in [1.807, 2.05) is 30.3 Å². The molecular formula is C20H29BrN2O. The Balaban J connectivity index is 0.00000288. The van der Waals surface area contributed by atoms with Gasteiger partial charge in [-0.3, -0.25) is 4.90 Å². The molecule has 2 aromatic rings. The average Bonchev–Trinajstić information content (AvgIpc) is 2.59. The Bertz CT molecular complexity index is 591. The molecule has 0 bridgehead atoms. The van der Waals surface area contributed by atoms with E-state index in [4.69, 9.17) is 0 Å². The highest BCUT2D eigenvalue weighted by atomic mass is 79.9. The van der Waals surface area contributed by atoms with E-state index < -0.39 is 6.10 Å². The second-order valence-corrected chi connectivity index (χ2v) is 6.31. The summed E-state index contributed by atoms with van der Waals surface area (Å²) in [5, 5.41) is 10.6. The van der Waals surface area contributed by atoms with Crippen molar-refractivity contribution in [3.63, 3.8) is 0 Å². The van der Waals surface area contributed by atoms with E-state index in [1.165, 1.54) is 18.4 Å². The number of aromatic nitrogens is 1. The fraction of sp³-hybridized carbons (Fsp3) is 0.450. The van der Waals surface area contributed by atoms with Crippen molar-refractivity contribution < 1.29 is 26.7 Å². The molecule has 0 aliphatic heterocycles. The first-order chi connectivity index (χ1) is 11.1. The zero-order chi connectivity index (χ0) is 16.7. The van der Waals surface area contributed by atoms with Gasteiger partial charge in [0.1, 0.15) is 6.54 Å². The number of benzene rings is 1. The number of likely N-dealkylation sites (N-methyl/N-ethyl adjacent to an activating group) is 1. The Morgan fingerprint density at radius 3 is 2.50 bits per heavy atom. The number of nitrogens with zero attached hydrogens (tertiary/aromatic N) is 2. The molecule has 1 aromatic carbocycles. The van der Waals surface area contributed by atoms with Gasteiger partial charge in [-0.1, -0.05) is 43.7 Å². The minimum atomic E-state index is -0.475. The first-order valence-corrected chi connectivity index (χ1v) is 8.53. The lowest BCUT2D eigenvalue weighted by atomic mass is 10.0. The molecular weight excluding hydrogens is 364 g/mol. The van der Waals surface area contributed by atoms with E-state index >= 15 is 0 Å². The van der Waals surface area contributed by atoms with Gasteiger partial charge in [0.2, 0.25) is 0 Å². The van der Waals surface area contributed by atoms with Crippen LogP contribution in [0.3, 0.4) is 0 Å². The molecule has 1 heterocycles. The van der Waals surface area contributed by atoms with Gasteiger partial charge in [-0.05, 0) is 25.6 Å². The maximum atomic E-state index is 10.6. The van der Waals surface area contributed by atoms with Crippen molar-refractivity contribution in [1.29, 1.82) is 0 Å². The van der Waals surface area contributed by atoms with Crippen molar-refractivity contribution in [1.82, 2.24) is 4.90 Å². The summed E-state index contributed by atoms with van der Waals surface area (Å²) < 4.78 is 2.25. The van der Waals surface area contributed by atoms with E-state index in [-0.39, 0.29) is 23.0 Å². The number of unbranched alkanes of at least 4 members (excludes halogenated alkanes) is 1. The normalized spacial score (nSPS) is 13.4. The molecule has 0 saturated carbocycles. The second-order valence-electron chi connectivity index (χ2n) is 6.31. The van der Waals surface area contributed by atoms with Gasteiger partial charge in [0, 0.05) is 30.6 Å². The standard InChI is InChI=1S/C20H29N2O.BrH/c1-4-5-13-22-14-9-10-18(16-22)15-21(3)17(2)20(23)19-11-7-6-8-12-19;/h6-12,14,16-17,20,23H,4-5,13,15H2,1-3H3;1H/q+1;/p-1/t17-,20+;/m1./s1. The van der Waals surface area contributed by atoms with Crippen molar-refractivity contribution in [2.45, 2.75) is 51.9 Å². The molecule has 4 heteroatoms. The largest absolute Gasteiger partial charge is 1.00 e. The number of pyridine rings is 1. The quantitative estimate of drug-likeness (QED) is 0.655. The van der Waals surface area contributed by atoms with E-state index in [2.05, 4.69) is 54.9 Å². The first-order valence-electron chi connectivity index (χ1n) is 8.53. The summed E-state index contributed by atoms with van der Waals surface area (Å²) in [5.41, 5.74) is 2.25. The Hall–Kier alpha value is -1.23. The summed E-state index contributed by atoms with van der Waals surface area (Å²) in [6.07, 6.45) is 6.27. The minimum absolute atomic E-state index is 0. The fourth-order valence-corrected chi connectivity index (χ4v) is 2.75. The SMILES string of the molecule is CCCC[n+]1cccc(CN(C)[C@H](C)[C@H](O)c2ccccc2)c1.[Br-]. The molecule has 3 nitrogen and oxygen atoms in total. The average molecular weight is 393 g/mol. The highest BCUT2D eigenvalue weighted by Crippen LogP contribution is 2.20. The lowest BCUT2D eigenvalue weighted by molar-refractivity contribution is -0.697. The maximum absolute atomic E-state index is 10.6. The van der Waals surface area contributed by atoms with Gasteiger partial charge in [0.05, 0.1) is 6.10 Å². The van der Waals surface area contributed by atoms with Crippen LogP contribution in [0, 0.1) is 0 Å². The summed E-state index contributed by atoms with van der Waals surface area (Å²) in [4.78, 5) is 2.21. The van der Waals surface area contributed by atoms with Gasteiger partial charge < -0.3 is 22.1 Å². The zero-order valence-corrected chi connectivity index (χ0v) is 16.5. The molecule has 1 aromatic heterocycles. The predicted octanol–water partition coefficient (Wildman–Crippen LogP) is 0.332. The van der Waals surface area contributed by atoms with E-state index in [0.29, 0.717) is 0 Å². The van der Waals surface area contributed by atoms with Crippen molar-refractivity contribution in [3.8, 4) is 0 Å². The third kappa shape index (κ3) is 6.00. The number of hydrogen-bond donors (Lipinski definition) is 1. The molecule has 0 amide bonds. The Labute approximate surface area is 156 Å². The summed E-state index contributed by atoms with van der Waals surface area (Å²) in [7, 11) is 2.07. The van der Waals surface area contributed by atoms with E-state index in [9.17, 15) is 5.11 Å². The molecule has 0 unspecified atom stereocenters.